The summed E-state index contributed by atoms with van der Waals surface area (Å²) in [7, 11) is 8.41. The van der Waals surface area contributed by atoms with E-state index in [1.54, 1.807) is 0 Å². The number of hydrogen-bond acceptors (Lipinski definition) is 3. The SMILES string of the molecule is CN(C)c1ccccc1CSCc1ccccc1N(C)C. The molecule has 0 aliphatic heterocycles. The lowest BCUT2D eigenvalue weighted by Crippen LogP contribution is -2.11. The Labute approximate surface area is 132 Å². The van der Waals surface area contributed by atoms with Crippen LogP contribution in [0.3, 0.4) is 0 Å². The molecule has 0 bridgehead atoms. The number of para-hydroxylation sites is 2. The molecule has 0 radical (unpaired) electrons. The van der Waals surface area contributed by atoms with E-state index in [1.807, 2.05) is 11.8 Å². The highest BCUT2D eigenvalue weighted by Crippen LogP contribution is 2.28. The fourth-order valence-corrected chi connectivity index (χ4v) is 3.44. The second-order valence-electron chi connectivity index (χ2n) is 5.54. The molecule has 0 aliphatic rings. The smallest absolute Gasteiger partial charge is 0.0402 e. The molecule has 2 rings (SSSR count). The van der Waals surface area contributed by atoms with Crippen LogP contribution in [0, 0.1) is 0 Å². The summed E-state index contributed by atoms with van der Waals surface area (Å²) in [5.74, 6) is 2.08. The van der Waals surface area contributed by atoms with Crippen molar-refractivity contribution in [1.29, 1.82) is 0 Å². The minimum absolute atomic E-state index is 1.04. The molecular weight excluding hydrogens is 276 g/mol. The first-order valence-corrected chi connectivity index (χ1v) is 8.33. The summed E-state index contributed by atoms with van der Waals surface area (Å²) in [6.45, 7) is 0. The third kappa shape index (κ3) is 4.18. The summed E-state index contributed by atoms with van der Waals surface area (Å²) in [5, 5.41) is 0. The lowest BCUT2D eigenvalue weighted by atomic mass is 10.2. The van der Waals surface area contributed by atoms with E-state index in [1.165, 1.54) is 22.5 Å². The molecule has 2 aromatic carbocycles. The highest BCUT2D eigenvalue weighted by atomic mass is 32.2. The van der Waals surface area contributed by atoms with Gasteiger partial charge in [0.2, 0.25) is 0 Å². The molecule has 0 saturated carbocycles. The molecule has 0 amide bonds. The van der Waals surface area contributed by atoms with Crippen molar-refractivity contribution in [2.24, 2.45) is 0 Å². The van der Waals surface area contributed by atoms with Crippen molar-refractivity contribution in [3.05, 3.63) is 59.7 Å². The predicted molar refractivity (Wildman–Crippen MR) is 96.5 cm³/mol. The minimum atomic E-state index is 1.04. The molecule has 0 heterocycles. The van der Waals surface area contributed by atoms with E-state index >= 15 is 0 Å². The van der Waals surface area contributed by atoms with Gasteiger partial charge in [0.1, 0.15) is 0 Å². The third-order valence-corrected chi connectivity index (χ3v) is 4.49. The number of benzene rings is 2. The van der Waals surface area contributed by atoms with Gasteiger partial charge in [-0.05, 0) is 23.3 Å². The Morgan fingerprint density at radius 1 is 0.667 bits per heavy atom. The maximum atomic E-state index is 2.22. The summed E-state index contributed by atoms with van der Waals surface area (Å²) in [4.78, 5) is 4.37. The van der Waals surface area contributed by atoms with Crippen LogP contribution in [0.25, 0.3) is 0 Å². The lowest BCUT2D eigenvalue weighted by Gasteiger charge is -2.19. The Bertz CT molecular complexity index is 527. The fourth-order valence-electron chi connectivity index (χ4n) is 2.41. The molecule has 0 fully saturated rings. The van der Waals surface area contributed by atoms with Crippen LogP contribution in [0.2, 0.25) is 0 Å². The van der Waals surface area contributed by atoms with Crippen LogP contribution >= 0.6 is 11.8 Å². The Kier molecular flexibility index (Phi) is 5.57. The molecule has 2 aromatic rings. The summed E-state index contributed by atoms with van der Waals surface area (Å²) in [6.07, 6.45) is 0. The van der Waals surface area contributed by atoms with Gasteiger partial charge in [-0.25, -0.2) is 0 Å². The van der Waals surface area contributed by atoms with E-state index in [9.17, 15) is 0 Å². The van der Waals surface area contributed by atoms with E-state index in [2.05, 4.69) is 86.5 Å². The minimum Gasteiger partial charge on any atom is -0.377 e. The molecule has 0 aliphatic carbocycles. The molecule has 0 N–H and O–H groups in total. The zero-order chi connectivity index (χ0) is 15.2. The lowest BCUT2D eigenvalue weighted by molar-refractivity contribution is 1.10. The van der Waals surface area contributed by atoms with Gasteiger partial charge in [0.15, 0.2) is 0 Å². The van der Waals surface area contributed by atoms with Crippen molar-refractivity contribution < 1.29 is 0 Å². The van der Waals surface area contributed by atoms with Crippen molar-refractivity contribution >= 4 is 23.1 Å². The van der Waals surface area contributed by atoms with Gasteiger partial charge in [-0.15, -0.1) is 0 Å². The van der Waals surface area contributed by atoms with Crippen LogP contribution < -0.4 is 9.80 Å². The topological polar surface area (TPSA) is 6.48 Å². The number of hydrogen-bond donors (Lipinski definition) is 0. The maximum Gasteiger partial charge on any atom is 0.0402 e. The summed E-state index contributed by atoms with van der Waals surface area (Å²) in [5.41, 5.74) is 5.42. The molecule has 21 heavy (non-hydrogen) atoms. The molecule has 112 valence electrons. The normalized spacial score (nSPS) is 10.5. The number of rotatable bonds is 6. The Morgan fingerprint density at radius 3 is 1.43 bits per heavy atom. The summed E-state index contributed by atoms with van der Waals surface area (Å²) in [6, 6.07) is 17.3. The maximum absolute atomic E-state index is 2.22. The largest absolute Gasteiger partial charge is 0.377 e. The van der Waals surface area contributed by atoms with Gasteiger partial charge in [0.25, 0.3) is 0 Å². The molecule has 0 saturated heterocycles. The van der Waals surface area contributed by atoms with Crippen LogP contribution in [-0.2, 0) is 11.5 Å². The van der Waals surface area contributed by atoms with Crippen LogP contribution in [0.4, 0.5) is 11.4 Å². The predicted octanol–water partition coefficient (Wildman–Crippen LogP) is 4.25. The fraction of sp³-hybridized carbons (Fsp3) is 0.333. The Hall–Kier alpha value is -1.61. The van der Waals surface area contributed by atoms with Crippen molar-refractivity contribution in [2.45, 2.75) is 11.5 Å². The van der Waals surface area contributed by atoms with E-state index in [4.69, 9.17) is 0 Å². The number of thioether (sulfide) groups is 1. The van der Waals surface area contributed by atoms with Crippen molar-refractivity contribution in [3.8, 4) is 0 Å². The van der Waals surface area contributed by atoms with Crippen molar-refractivity contribution in [2.75, 3.05) is 38.0 Å². The quantitative estimate of drug-likeness (QED) is 0.787. The first kappa shape index (κ1) is 15.8. The van der Waals surface area contributed by atoms with Gasteiger partial charge >= 0.3 is 0 Å². The molecule has 0 spiro atoms. The summed E-state index contributed by atoms with van der Waals surface area (Å²) >= 11 is 1.97. The molecule has 0 atom stereocenters. The van der Waals surface area contributed by atoms with Gasteiger partial charge < -0.3 is 9.80 Å². The van der Waals surface area contributed by atoms with E-state index in [0.29, 0.717) is 0 Å². The molecular formula is C18H24N2S. The van der Waals surface area contributed by atoms with Crippen LogP contribution in [0.15, 0.2) is 48.5 Å². The van der Waals surface area contributed by atoms with E-state index in [0.717, 1.165) is 11.5 Å². The molecule has 0 unspecified atom stereocenters. The zero-order valence-corrected chi connectivity index (χ0v) is 14.2. The van der Waals surface area contributed by atoms with E-state index in [-0.39, 0.29) is 0 Å². The Morgan fingerprint density at radius 2 is 1.05 bits per heavy atom. The van der Waals surface area contributed by atoms with Gasteiger partial charge in [-0.1, -0.05) is 36.4 Å². The summed E-state index contributed by atoms with van der Waals surface area (Å²) < 4.78 is 0. The average molecular weight is 300 g/mol. The van der Waals surface area contributed by atoms with Gasteiger partial charge in [0, 0.05) is 51.1 Å². The van der Waals surface area contributed by atoms with Gasteiger partial charge in [-0.2, -0.15) is 11.8 Å². The number of anilines is 2. The highest BCUT2D eigenvalue weighted by molar-refractivity contribution is 7.97. The van der Waals surface area contributed by atoms with Gasteiger partial charge in [-0.3, -0.25) is 0 Å². The van der Waals surface area contributed by atoms with Crippen LogP contribution in [-0.4, -0.2) is 28.2 Å². The van der Waals surface area contributed by atoms with Gasteiger partial charge in [0.05, 0.1) is 0 Å². The first-order valence-electron chi connectivity index (χ1n) is 7.18. The molecule has 0 aromatic heterocycles. The average Bonchev–Trinajstić information content (AvgIpc) is 2.48. The highest BCUT2D eigenvalue weighted by Gasteiger charge is 2.06. The standard InChI is InChI=1S/C18H24N2S/c1-19(2)17-11-7-5-9-15(17)13-21-14-16-10-6-8-12-18(16)20(3)4/h5-12H,13-14H2,1-4H3. The molecule has 2 nitrogen and oxygen atoms in total. The van der Waals surface area contributed by atoms with Crippen LogP contribution in [0.5, 0.6) is 0 Å². The second-order valence-corrected chi connectivity index (χ2v) is 6.52. The first-order chi connectivity index (χ1) is 10.1. The van der Waals surface area contributed by atoms with Crippen molar-refractivity contribution in [3.63, 3.8) is 0 Å². The van der Waals surface area contributed by atoms with Crippen molar-refractivity contribution in [1.82, 2.24) is 0 Å². The third-order valence-electron chi connectivity index (χ3n) is 3.46. The molecule has 3 heteroatoms. The second kappa shape index (κ2) is 7.41. The zero-order valence-electron chi connectivity index (χ0n) is 13.3. The van der Waals surface area contributed by atoms with E-state index < -0.39 is 0 Å². The van der Waals surface area contributed by atoms with Crippen LogP contribution in [0.1, 0.15) is 11.1 Å². The number of nitrogens with zero attached hydrogens (tertiary/aromatic N) is 2. The Balaban J connectivity index is 2.03. The monoisotopic (exact) mass is 300 g/mol.